The van der Waals surface area contributed by atoms with Crippen LogP contribution in [0.5, 0.6) is 5.75 Å². The predicted octanol–water partition coefficient (Wildman–Crippen LogP) is 2.84. The largest absolute Gasteiger partial charge is 0.494 e. The monoisotopic (exact) mass is 239 g/mol. The zero-order chi connectivity index (χ0) is 11.8. The van der Waals surface area contributed by atoms with E-state index in [0.717, 1.165) is 30.3 Å². The Morgan fingerprint density at radius 2 is 2.25 bits per heavy atom. The summed E-state index contributed by atoms with van der Waals surface area (Å²) in [5, 5.41) is 0. The molecule has 1 unspecified atom stereocenters. The summed E-state index contributed by atoms with van der Waals surface area (Å²) in [6.07, 6.45) is 1.07. The van der Waals surface area contributed by atoms with Crippen molar-refractivity contribution in [2.75, 3.05) is 18.1 Å². The lowest BCUT2D eigenvalue weighted by Gasteiger charge is -2.07. The van der Waals surface area contributed by atoms with E-state index < -0.39 is 0 Å². The Kier molecular flexibility index (Phi) is 6.34. The average Bonchev–Trinajstić information content (AvgIpc) is 2.23. The Balaban J connectivity index is 2.07. The summed E-state index contributed by atoms with van der Waals surface area (Å²) in [5.74, 6) is 3.12. The van der Waals surface area contributed by atoms with Gasteiger partial charge in [-0.1, -0.05) is 12.1 Å². The molecule has 0 radical (unpaired) electrons. The molecule has 2 N–H and O–H groups in total. The zero-order valence-electron chi connectivity index (χ0n) is 10.1. The molecule has 0 aromatic heterocycles. The quantitative estimate of drug-likeness (QED) is 0.743. The van der Waals surface area contributed by atoms with Crippen molar-refractivity contribution in [3.05, 3.63) is 29.8 Å². The molecule has 0 aliphatic carbocycles. The molecule has 1 aromatic rings. The van der Waals surface area contributed by atoms with Crippen molar-refractivity contribution in [3.8, 4) is 5.75 Å². The van der Waals surface area contributed by atoms with Gasteiger partial charge in [-0.25, -0.2) is 0 Å². The lowest BCUT2D eigenvalue weighted by molar-refractivity contribution is 0.318. The van der Waals surface area contributed by atoms with Crippen LogP contribution in [0, 0.1) is 6.92 Å². The van der Waals surface area contributed by atoms with Crippen molar-refractivity contribution in [2.45, 2.75) is 26.3 Å². The molecule has 1 atom stereocenters. The van der Waals surface area contributed by atoms with Crippen LogP contribution in [0.4, 0.5) is 0 Å². The van der Waals surface area contributed by atoms with Gasteiger partial charge in [0.05, 0.1) is 6.61 Å². The molecule has 0 fully saturated rings. The SMILES string of the molecule is Cc1cccc(OCCCSCC(C)N)c1. The number of nitrogens with two attached hydrogens (primary N) is 1. The molecule has 0 aliphatic heterocycles. The Bertz CT molecular complexity index is 302. The standard InChI is InChI=1S/C13H21NOS/c1-11-5-3-6-13(9-11)15-7-4-8-16-10-12(2)14/h3,5-6,9,12H,4,7-8,10,14H2,1-2H3. The molecule has 3 heteroatoms. The summed E-state index contributed by atoms with van der Waals surface area (Å²) in [4.78, 5) is 0. The fourth-order valence-corrected chi connectivity index (χ4v) is 2.19. The molecule has 0 heterocycles. The Labute approximate surface area is 103 Å². The van der Waals surface area contributed by atoms with Crippen LogP contribution in [0.1, 0.15) is 18.9 Å². The third kappa shape index (κ3) is 6.03. The zero-order valence-corrected chi connectivity index (χ0v) is 10.9. The smallest absolute Gasteiger partial charge is 0.119 e. The highest BCUT2D eigenvalue weighted by molar-refractivity contribution is 7.99. The summed E-state index contributed by atoms with van der Waals surface area (Å²) >= 11 is 1.89. The van der Waals surface area contributed by atoms with Crippen molar-refractivity contribution >= 4 is 11.8 Å². The van der Waals surface area contributed by atoms with Crippen LogP contribution in [0.25, 0.3) is 0 Å². The number of hydrogen-bond donors (Lipinski definition) is 1. The second-order valence-electron chi connectivity index (χ2n) is 4.07. The first-order valence-electron chi connectivity index (χ1n) is 5.71. The molecule has 0 amide bonds. The molecule has 0 spiro atoms. The van der Waals surface area contributed by atoms with E-state index in [1.54, 1.807) is 0 Å². The predicted molar refractivity (Wildman–Crippen MR) is 72.3 cm³/mol. The summed E-state index contributed by atoms with van der Waals surface area (Å²) in [5.41, 5.74) is 6.90. The van der Waals surface area contributed by atoms with Gasteiger partial charge in [0.15, 0.2) is 0 Å². The lowest BCUT2D eigenvalue weighted by Crippen LogP contribution is -2.17. The van der Waals surface area contributed by atoms with Crippen molar-refractivity contribution in [1.82, 2.24) is 0 Å². The topological polar surface area (TPSA) is 35.2 Å². The summed E-state index contributed by atoms with van der Waals surface area (Å²) in [6, 6.07) is 8.46. The van der Waals surface area contributed by atoms with Gasteiger partial charge >= 0.3 is 0 Å². The van der Waals surface area contributed by atoms with Gasteiger partial charge in [0.2, 0.25) is 0 Å². The first-order valence-corrected chi connectivity index (χ1v) is 6.87. The number of hydrogen-bond acceptors (Lipinski definition) is 3. The molecule has 0 aliphatic rings. The van der Waals surface area contributed by atoms with Crippen LogP contribution in [-0.2, 0) is 0 Å². The molecule has 1 rings (SSSR count). The second-order valence-corrected chi connectivity index (χ2v) is 5.22. The Morgan fingerprint density at radius 3 is 2.94 bits per heavy atom. The maximum atomic E-state index is 5.66. The van der Waals surface area contributed by atoms with Crippen molar-refractivity contribution in [1.29, 1.82) is 0 Å². The van der Waals surface area contributed by atoms with Gasteiger partial charge in [-0.15, -0.1) is 0 Å². The highest BCUT2D eigenvalue weighted by Gasteiger charge is 1.96. The number of ether oxygens (including phenoxy) is 1. The van der Waals surface area contributed by atoms with E-state index in [-0.39, 0.29) is 0 Å². The third-order valence-electron chi connectivity index (χ3n) is 2.07. The number of rotatable bonds is 7. The molecule has 0 saturated carbocycles. The van der Waals surface area contributed by atoms with E-state index in [0.29, 0.717) is 6.04 Å². The van der Waals surface area contributed by atoms with E-state index >= 15 is 0 Å². The molecule has 0 saturated heterocycles. The van der Waals surface area contributed by atoms with Crippen molar-refractivity contribution in [2.24, 2.45) is 5.73 Å². The molecule has 90 valence electrons. The summed E-state index contributed by atoms with van der Waals surface area (Å²) < 4.78 is 5.65. The lowest BCUT2D eigenvalue weighted by atomic mass is 10.2. The van der Waals surface area contributed by atoms with E-state index in [2.05, 4.69) is 19.1 Å². The van der Waals surface area contributed by atoms with Gasteiger partial charge in [-0.05, 0) is 43.7 Å². The highest BCUT2D eigenvalue weighted by atomic mass is 32.2. The maximum Gasteiger partial charge on any atom is 0.119 e. The van der Waals surface area contributed by atoms with E-state index in [1.165, 1.54) is 5.56 Å². The van der Waals surface area contributed by atoms with Gasteiger partial charge in [-0.3, -0.25) is 0 Å². The van der Waals surface area contributed by atoms with E-state index in [9.17, 15) is 0 Å². The van der Waals surface area contributed by atoms with Gasteiger partial charge in [-0.2, -0.15) is 11.8 Å². The van der Waals surface area contributed by atoms with Gasteiger partial charge in [0, 0.05) is 11.8 Å². The molecule has 2 nitrogen and oxygen atoms in total. The fourth-order valence-electron chi connectivity index (χ4n) is 1.33. The first kappa shape index (κ1) is 13.4. The van der Waals surface area contributed by atoms with Crippen LogP contribution in [-0.4, -0.2) is 24.2 Å². The van der Waals surface area contributed by atoms with Crippen molar-refractivity contribution in [3.63, 3.8) is 0 Å². The number of thioether (sulfide) groups is 1. The number of benzene rings is 1. The van der Waals surface area contributed by atoms with Crippen LogP contribution < -0.4 is 10.5 Å². The fraction of sp³-hybridized carbons (Fsp3) is 0.538. The minimum atomic E-state index is 0.294. The van der Waals surface area contributed by atoms with E-state index in [4.69, 9.17) is 10.5 Å². The first-order chi connectivity index (χ1) is 7.68. The second kappa shape index (κ2) is 7.58. The Morgan fingerprint density at radius 1 is 1.44 bits per heavy atom. The van der Waals surface area contributed by atoms with Gasteiger partial charge in [0.25, 0.3) is 0 Å². The van der Waals surface area contributed by atoms with Crippen molar-refractivity contribution < 1.29 is 4.74 Å². The average molecular weight is 239 g/mol. The third-order valence-corrected chi connectivity index (χ3v) is 3.41. The van der Waals surface area contributed by atoms with E-state index in [1.807, 2.05) is 30.8 Å². The molecular weight excluding hydrogens is 218 g/mol. The number of aryl methyl sites for hydroxylation is 1. The normalized spacial score (nSPS) is 12.4. The van der Waals surface area contributed by atoms with Crippen LogP contribution in [0.2, 0.25) is 0 Å². The van der Waals surface area contributed by atoms with Crippen LogP contribution in [0.3, 0.4) is 0 Å². The van der Waals surface area contributed by atoms with Crippen LogP contribution >= 0.6 is 11.8 Å². The summed E-state index contributed by atoms with van der Waals surface area (Å²) in [6.45, 7) is 4.90. The Hall–Kier alpha value is -0.670. The molecule has 16 heavy (non-hydrogen) atoms. The molecule has 0 bridgehead atoms. The molecule has 1 aromatic carbocycles. The van der Waals surface area contributed by atoms with Gasteiger partial charge < -0.3 is 10.5 Å². The minimum Gasteiger partial charge on any atom is -0.494 e. The molecular formula is C13H21NOS. The maximum absolute atomic E-state index is 5.66. The summed E-state index contributed by atoms with van der Waals surface area (Å²) in [7, 11) is 0. The van der Waals surface area contributed by atoms with Crippen LogP contribution in [0.15, 0.2) is 24.3 Å². The minimum absolute atomic E-state index is 0.294. The van der Waals surface area contributed by atoms with Gasteiger partial charge in [0.1, 0.15) is 5.75 Å². The highest BCUT2D eigenvalue weighted by Crippen LogP contribution is 2.13.